The quantitative estimate of drug-likeness (QED) is 0.861. The van der Waals surface area contributed by atoms with Crippen molar-refractivity contribution in [3.8, 4) is 5.75 Å². The molecule has 0 saturated carbocycles. The molecule has 1 N–H and O–H groups in total. The summed E-state index contributed by atoms with van der Waals surface area (Å²) < 4.78 is 11.8. The molecule has 0 radical (unpaired) electrons. The lowest BCUT2D eigenvalue weighted by molar-refractivity contribution is 0.0185. The monoisotopic (exact) mass is 315 g/mol. The number of hydrogen-bond donors (Lipinski definition) is 1. The number of methoxy groups -OCH3 is 2. The van der Waals surface area contributed by atoms with Crippen molar-refractivity contribution < 1.29 is 9.47 Å². The Morgan fingerprint density at radius 1 is 1.28 bits per heavy atom. The maximum atomic E-state index is 5.40. The molecule has 0 aliphatic heterocycles. The fourth-order valence-electron chi connectivity index (χ4n) is 1.69. The van der Waals surface area contributed by atoms with Crippen LogP contribution in [0, 0.1) is 6.92 Å². The van der Waals surface area contributed by atoms with E-state index in [-0.39, 0.29) is 5.60 Å². The first-order valence-corrected chi connectivity index (χ1v) is 6.82. The second-order valence-corrected chi connectivity index (χ2v) is 5.86. The molecule has 0 amide bonds. The van der Waals surface area contributed by atoms with Crippen LogP contribution in [-0.2, 0) is 4.74 Å². The van der Waals surface area contributed by atoms with Crippen LogP contribution in [0.5, 0.6) is 5.75 Å². The highest BCUT2D eigenvalue weighted by Gasteiger charge is 2.16. The van der Waals surface area contributed by atoms with Crippen LogP contribution in [0.25, 0.3) is 0 Å². The molecule has 0 aliphatic carbocycles. The van der Waals surface area contributed by atoms with Crippen molar-refractivity contribution in [3.63, 3.8) is 0 Å². The molecule has 4 heteroatoms. The summed E-state index contributed by atoms with van der Waals surface area (Å²) in [6.45, 7) is 7.08. The van der Waals surface area contributed by atoms with E-state index in [9.17, 15) is 0 Å². The van der Waals surface area contributed by atoms with Crippen molar-refractivity contribution in [1.82, 2.24) is 0 Å². The predicted octanol–water partition coefficient (Wildman–Crippen LogP) is 3.99. The molecule has 0 atom stereocenters. The largest absolute Gasteiger partial charge is 0.495 e. The first-order chi connectivity index (χ1) is 8.39. The topological polar surface area (TPSA) is 30.5 Å². The maximum absolute atomic E-state index is 5.40. The van der Waals surface area contributed by atoms with Crippen molar-refractivity contribution in [1.29, 1.82) is 0 Å². The standard InChI is InChI=1S/C14H22BrNO2/c1-10-8-11(15)9-12(17-4)13(10)16-7-6-14(2,3)18-5/h8-9,16H,6-7H2,1-5H3. The minimum Gasteiger partial charge on any atom is -0.495 e. The van der Waals surface area contributed by atoms with E-state index < -0.39 is 0 Å². The van der Waals surface area contributed by atoms with Crippen LogP contribution in [0.3, 0.4) is 0 Å². The lowest BCUT2D eigenvalue weighted by Crippen LogP contribution is -2.26. The minimum absolute atomic E-state index is 0.108. The number of anilines is 1. The smallest absolute Gasteiger partial charge is 0.143 e. The lowest BCUT2D eigenvalue weighted by atomic mass is 10.1. The van der Waals surface area contributed by atoms with Crippen LogP contribution in [-0.4, -0.2) is 26.4 Å². The van der Waals surface area contributed by atoms with Crippen molar-refractivity contribution in [2.24, 2.45) is 0 Å². The van der Waals surface area contributed by atoms with E-state index in [0.29, 0.717) is 0 Å². The third kappa shape index (κ3) is 4.18. The third-order valence-corrected chi connectivity index (χ3v) is 3.52. The van der Waals surface area contributed by atoms with Gasteiger partial charge in [-0.15, -0.1) is 0 Å². The van der Waals surface area contributed by atoms with Gasteiger partial charge in [0.25, 0.3) is 0 Å². The lowest BCUT2D eigenvalue weighted by Gasteiger charge is -2.24. The summed E-state index contributed by atoms with van der Waals surface area (Å²) in [5.74, 6) is 0.858. The summed E-state index contributed by atoms with van der Waals surface area (Å²) in [4.78, 5) is 0. The Kier molecular flexibility index (Phi) is 5.47. The molecule has 0 heterocycles. The van der Waals surface area contributed by atoms with Gasteiger partial charge in [0.1, 0.15) is 5.75 Å². The number of hydrogen-bond acceptors (Lipinski definition) is 3. The van der Waals surface area contributed by atoms with Crippen LogP contribution in [0.1, 0.15) is 25.8 Å². The zero-order chi connectivity index (χ0) is 13.8. The molecule has 0 saturated heterocycles. The predicted molar refractivity (Wildman–Crippen MR) is 79.6 cm³/mol. The Labute approximate surface area is 118 Å². The third-order valence-electron chi connectivity index (χ3n) is 3.07. The van der Waals surface area contributed by atoms with Crippen LogP contribution >= 0.6 is 15.9 Å². The fourth-order valence-corrected chi connectivity index (χ4v) is 2.24. The molecule has 18 heavy (non-hydrogen) atoms. The minimum atomic E-state index is -0.108. The first-order valence-electron chi connectivity index (χ1n) is 6.03. The number of ether oxygens (including phenoxy) is 2. The molecule has 102 valence electrons. The summed E-state index contributed by atoms with van der Waals surface area (Å²) in [7, 11) is 3.43. The molecule has 1 rings (SSSR count). The molecule has 0 unspecified atom stereocenters. The first kappa shape index (κ1) is 15.3. The number of halogens is 1. The van der Waals surface area contributed by atoms with E-state index >= 15 is 0 Å². The van der Waals surface area contributed by atoms with E-state index in [2.05, 4.69) is 48.1 Å². The summed E-state index contributed by atoms with van der Waals surface area (Å²) >= 11 is 3.47. The fraction of sp³-hybridized carbons (Fsp3) is 0.571. The Balaban J connectivity index is 2.73. The Morgan fingerprint density at radius 3 is 2.50 bits per heavy atom. The molecule has 0 spiro atoms. The normalized spacial score (nSPS) is 11.4. The summed E-state index contributed by atoms with van der Waals surface area (Å²) in [5.41, 5.74) is 2.10. The molecular formula is C14H22BrNO2. The molecule has 0 aromatic heterocycles. The highest BCUT2D eigenvalue weighted by atomic mass is 79.9. The van der Waals surface area contributed by atoms with Crippen molar-refractivity contribution in [3.05, 3.63) is 22.2 Å². The van der Waals surface area contributed by atoms with E-state index in [4.69, 9.17) is 9.47 Å². The van der Waals surface area contributed by atoms with Crippen LogP contribution in [0.15, 0.2) is 16.6 Å². The van der Waals surface area contributed by atoms with Crippen LogP contribution < -0.4 is 10.1 Å². The Morgan fingerprint density at radius 2 is 1.94 bits per heavy atom. The SMILES string of the molecule is COc1cc(Br)cc(C)c1NCCC(C)(C)OC. The molecule has 3 nitrogen and oxygen atoms in total. The summed E-state index contributed by atoms with van der Waals surface area (Å²) in [6.07, 6.45) is 0.933. The van der Waals surface area contributed by atoms with Gasteiger partial charge in [0.15, 0.2) is 0 Å². The molecular weight excluding hydrogens is 294 g/mol. The molecule has 1 aromatic rings. The van der Waals surface area contributed by atoms with E-state index in [1.54, 1.807) is 14.2 Å². The summed E-state index contributed by atoms with van der Waals surface area (Å²) in [6, 6.07) is 4.04. The van der Waals surface area contributed by atoms with Crippen LogP contribution in [0.2, 0.25) is 0 Å². The maximum Gasteiger partial charge on any atom is 0.143 e. The molecule has 1 aromatic carbocycles. The van der Waals surface area contributed by atoms with Gasteiger partial charge in [0.2, 0.25) is 0 Å². The van der Waals surface area contributed by atoms with Gasteiger partial charge in [-0.3, -0.25) is 0 Å². The molecule has 0 fully saturated rings. The average Bonchev–Trinajstić information content (AvgIpc) is 2.31. The van der Waals surface area contributed by atoms with E-state index in [0.717, 1.165) is 34.4 Å². The van der Waals surface area contributed by atoms with E-state index in [1.807, 2.05) is 6.07 Å². The Hall–Kier alpha value is -0.740. The van der Waals surface area contributed by atoms with Crippen molar-refractivity contribution in [2.45, 2.75) is 32.8 Å². The second-order valence-electron chi connectivity index (χ2n) is 4.94. The van der Waals surface area contributed by atoms with Gasteiger partial charge in [0, 0.05) is 18.1 Å². The Bertz CT molecular complexity index is 405. The van der Waals surface area contributed by atoms with Gasteiger partial charge in [0.05, 0.1) is 18.4 Å². The number of benzene rings is 1. The van der Waals surface area contributed by atoms with Gasteiger partial charge in [-0.25, -0.2) is 0 Å². The van der Waals surface area contributed by atoms with Gasteiger partial charge in [-0.05, 0) is 44.9 Å². The molecule has 0 aliphatic rings. The number of rotatable bonds is 6. The highest BCUT2D eigenvalue weighted by molar-refractivity contribution is 9.10. The second kappa shape index (κ2) is 6.43. The van der Waals surface area contributed by atoms with Crippen LogP contribution in [0.4, 0.5) is 5.69 Å². The van der Waals surface area contributed by atoms with Gasteiger partial charge < -0.3 is 14.8 Å². The van der Waals surface area contributed by atoms with Crippen molar-refractivity contribution >= 4 is 21.6 Å². The zero-order valence-corrected chi connectivity index (χ0v) is 13.3. The average molecular weight is 316 g/mol. The van der Waals surface area contributed by atoms with Gasteiger partial charge in [-0.1, -0.05) is 15.9 Å². The molecule has 0 bridgehead atoms. The highest BCUT2D eigenvalue weighted by Crippen LogP contribution is 2.32. The zero-order valence-electron chi connectivity index (χ0n) is 11.8. The van der Waals surface area contributed by atoms with Gasteiger partial charge >= 0.3 is 0 Å². The number of nitrogens with one attached hydrogen (secondary N) is 1. The van der Waals surface area contributed by atoms with E-state index in [1.165, 1.54) is 0 Å². The summed E-state index contributed by atoms with van der Waals surface area (Å²) in [5, 5.41) is 3.42. The van der Waals surface area contributed by atoms with Gasteiger partial charge in [-0.2, -0.15) is 0 Å². The number of aryl methyl sites for hydroxylation is 1. The van der Waals surface area contributed by atoms with Crippen molar-refractivity contribution in [2.75, 3.05) is 26.1 Å².